The predicted octanol–water partition coefficient (Wildman–Crippen LogP) is 3.47. The molecule has 2 aromatic heterocycles. The summed E-state index contributed by atoms with van der Waals surface area (Å²) in [6, 6.07) is 6.55. The summed E-state index contributed by atoms with van der Waals surface area (Å²) >= 11 is 1.60. The van der Waals surface area contributed by atoms with Gasteiger partial charge in [0.2, 0.25) is 0 Å². The quantitative estimate of drug-likeness (QED) is 0.737. The Bertz CT molecular complexity index is 893. The van der Waals surface area contributed by atoms with Crippen molar-refractivity contribution < 1.29 is 4.52 Å². The Morgan fingerprint density at radius 1 is 1.27 bits per heavy atom. The number of aryl methyl sites for hydroxylation is 2. The molecule has 1 aliphatic heterocycles. The monoisotopic (exact) mass is 391 g/mol. The lowest BCUT2D eigenvalue weighted by molar-refractivity contribution is 0.190. The number of hydrogen-bond acceptors (Lipinski definition) is 7. The van der Waals surface area contributed by atoms with E-state index in [4.69, 9.17) is 9.51 Å². The van der Waals surface area contributed by atoms with Gasteiger partial charge in [0.1, 0.15) is 10.7 Å². The van der Waals surface area contributed by atoms with Gasteiger partial charge in [0.05, 0.1) is 6.04 Å². The molecule has 3 heterocycles. The molecule has 0 spiro atoms. The zero-order valence-corrected chi connectivity index (χ0v) is 16.7. The minimum Gasteiger partial charge on any atom is -0.332 e. The molecule has 0 bridgehead atoms. The second-order valence-corrected chi connectivity index (χ2v) is 7.37. The molecule has 26 heavy (non-hydrogen) atoms. The third-order valence-electron chi connectivity index (χ3n) is 4.59. The van der Waals surface area contributed by atoms with Crippen LogP contribution in [0.1, 0.15) is 23.0 Å². The Balaban J connectivity index is 0.00000196. The Hall–Kier alpha value is -1.80. The van der Waals surface area contributed by atoms with Crippen LogP contribution >= 0.6 is 23.7 Å². The number of nitrogens with one attached hydrogen (secondary N) is 1. The second kappa shape index (κ2) is 7.84. The fourth-order valence-corrected chi connectivity index (χ4v) is 4.00. The number of benzene rings is 1. The maximum atomic E-state index is 5.48. The van der Waals surface area contributed by atoms with E-state index in [9.17, 15) is 0 Å². The Morgan fingerprint density at radius 3 is 2.88 bits per heavy atom. The summed E-state index contributed by atoms with van der Waals surface area (Å²) in [4.78, 5) is 11.5. The average Bonchev–Trinajstić information content (AvgIpc) is 3.24. The van der Waals surface area contributed by atoms with E-state index in [1.54, 1.807) is 11.3 Å². The van der Waals surface area contributed by atoms with Gasteiger partial charge in [0.25, 0.3) is 5.89 Å². The topological polar surface area (TPSA) is 67.1 Å². The number of thiazole rings is 1. The van der Waals surface area contributed by atoms with E-state index in [2.05, 4.69) is 59.5 Å². The fraction of sp³-hybridized carbons (Fsp3) is 0.389. The molecular formula is C18H22ClN5OS. The van der Waals surface area contributed by atoms with Crippen molar-refractivity contribution in [3.05, 3.63) is 40.5 Å². The molecule has 4 rings (SSSR count). The van der Waals surface area contributed by atoms with Crippen molar-refractivity contribution in [1.82, 2.24) is 25.3 Å². The van der Waals surface area contributed by atoms with Crippen molar-refractivity contribution in [2.45, 2.75) is 19.9 Å². The number of piperazine rings is 1. The van der Waals surface area contributed by atoms with Crippen LogP contribution < -0.4 is 5.32 Å². The lowest BCUT2D eigenvalue weighted by Gasteiger charge is -2.30. The van der Waals surface area contributed by atoms with Crippen molar-refractivity contribution >= 4 is 23.7 Å². The summed E-state index contributed by atoms with van der Waals surface area (Å²) in [6.07, 6.45) is 0. The molecule has 1 saturated heterocycles. The highest BCUT2D eigenvalue weighted by molar-refractivity contribution is 7.13. The summed E-state index contributed by atoms with van der Waals surface area (Å²) in [6.45, 7) is 7.01. The second-order valence-electron chi connectivity index (χ2n) is 6.51. The SMILES string of the molecule is Cc1ccc(-c2nc(-c3nc(C4CNCCN4C)no3)cs2)c(C)c1.Cl. The number of halogens is 1. The first-order valence-electron chi connectivity index (χ1n) is 8.40. The lowest BCUT2D eigenvalue weighted by Crippen LogP contribution is -2.44. The summed E-state index contributed by atoms with van der Waals surface area (Å²) in [5.74, 6) is 1.20. The number of nitrogens with zero attached hydrogens (tertiary/aromatic N) is 4. The molecule has 8 heteroatoms. The van der Waals surface area contributed by atoms with Gasteiger partial charge in [-0.3, -0.25) is 4.90 Å². The standard InChI is InChI=1S/C18H21N5OS.ClH/c1-11-4-5-13(12(2)8-11)18-20-14(10-25-18)17-21-16(22-24-17)15-9-19-6-7-23(15)3;/h4-5,8,10,15,19H,6-7,9H2,1-3H3;1H. The van der Waals surface area contributed by atoms with Gasteiger partial charge in [-0.1, -0.05) is 28.9 Å². The predicted molar refractivity (Wildman–Crippen MR) is 106 cm³/mol. The fourth-order valence-electron chi connectivity index (χ4n) is 3.12. The zero-order chi connectivity index (χ0) is 17.4. The van der Waals surface area contributed by atoms with E-state index in [1.807, 2.05) is 5.38 Å². The lowest BCUT2D eigenvalue weighted by atomic mass is 10.1. The Kier molecular flexibility index (Phi) is 5.72. The summed E-state index contributed by atoms with van der Waals surface area (Å²) in [5, 5.41) is 10.5. The number of rotatable bonds is 3. The van der Waals surface area contributed by atoms with E-state index >= 15 is 0 Å². The van der Waals surface area contributed by atoms with Crippen LogP contribution in [0.3, 0.4) is 0 Å². The maximum absolute atomic E-state index is 5.48. The molecule has 138 valence electrons. The summed E-state index contributed by atoms with van der Waals surface area (Å²) < 4.78 is 5.48. The minimum atomic E-state index is 0. The normalized spacial score (nSPS) is 17.9. The minimum absolute atomic E-state index is 0. The molecular weight excluding hydrogens is 370 g/mol. The van der Waals surface area contributed by atoms with Gasteiger partial charge in [-0.15, -0.1) is 23.7 Å². The van der Waals surface area contributed by atoms with Gasteiger partial charge < -0.3 is 9.84 Å². The first-order valence-corrected chi connectivity index (χ1v) is 9.28. The van der Waals surface area contributed by atoms with Crippen LogP contribution in [-0.4, -0.2) is 46.7 Å². The third-order valence-corrected chi connectivity index (χ3v) is 5.46. The van der Waals surface area contributed by atoms with E-state index < -0.39 is 0 Å². The third kappa shape index (κ3) is 3.66. The van der Waals surface area contributed by atoms with Crippen molar-refractivity contribution in [2.75, 3.05) is 26.7 Å². The molecule has 0 saturated carbocycles. The molecule has 0 amide bonds. The largest absolute Gasteiger partial charge is 0.332 e. The Labute approximate surface area is 163 Å². The molecule has 1 unspecified atom stereocenters. The molecule has 1 N–H and O–H groups in total. The maximum Gasteiger partial charge on any atom is 0.277 e. The van der Waals surface area contributed by atoms with Gasteiger partial charge in [-0.25, -0.2) is 4.98 Å². The van der Waals surface area contributed by atoms with E-state index in [1.165, 1.54) is 11.1 Å². The smallest absolute Gasteiger partial charge is 0.277 e. The molecule has 3 aromatic rings. The van der Waals surface area contributed by atoms with Crippen molar-refractivity contribution in [2.24, 2.45) is 0 Å². The molecule has 1 aromatic carbocycles. The van der Waals surface area contributed by atoms with Crippen LogP contribution in [0.2, 0.25) is 0 Å². The van der Waals surface area contributed by atoms with Gasteiger partial charge in [0.15, 0.2) is 5.82 Å². The Morgan fingerprint density at radius 2 is 2.12 bits per heavy atom. The van der Waals surface area contributed by atoms with Crippen LogP contribution in [-0.2, 0) is 0 Å². The zero-order valence-electron chi connectivity index (χ0n) is 15.0. The van der Waals surface area contributed by atoms with Crippen LogP contribution in [0.15, 0.2) is 28.1 Å². The van der Waals surface area contributed by atoms with E-state index in [0.29, 0.717) is 11.7 Å². The molecule has 1 aliphatic rings. The van der Waals surface area contributed by atoms with E-state index in [-0.39, 0.29) is 18.4 Å². The number of aromatic nitrogens is 3. The van der Waals surface area contributed by atoms with Crippen LogP contribution in [0, 0.1) is 13.8 Å². The van der Waals surface area contributed by atoms with E-state index in [0.717, 1.165) is 35.9 Å². The highest BCUT2D eigenvalue weighted by Gasteiger charge is 2.26. The van der Waals surface area contributed by atoms with Crippen LogP contribution in [0.4, 0.5) is 0 Å². The van der Waals surface area contributed by atoms with Crippen molar-refractivity contribution in [3.8, 4) is 22.2 Å². The number of hydrogen-bond donors (Lipinski definition) is 1. The molecule has 1 fully saturated rings. The van der Waals surface area contributed by atoms with Crippen LogP contribution in [0.25, 0.3) is 22.2 Å². The molecule has 0 radical (unpaired) electrons. The van der Waals surface area contributed by atoms with Crippen molar-refractivity contribution in [3.63, 3.8) is 0 Å². The molecule has 6 nitrogen and oxygen atoms in total. The van der Waals surface area contributed by atoms with Gasteiger partial charge in [-0.05, 0) is 26.5 Å². The summed E-state index contributed by atoms with van der Waals surface area (Å²) in [7, 11) is 2.09. The average molecular weight is 392 g/mol. The van der Waals surface area contributed by atoms with Crippen LogP contribution in [0.5, 0.6) is 0 Å². The first-order chi connectivity index (χ1) is 12.1. The highest BCUT2D eigenvalue weighted by atomic mass is 35.5. The van der Waals surface area contributed by atoms with Gasteiger partial charge in [0, 0.05) is 30.6 Å². The highest BCUT2D eigenvalue weighted by Crippen LogP contribution is 2.31. The molecule has 1 atom stereocenters. The molecule has 0 aliphatic carbocycles. The number of likely N-dealkylation sites (N-methyl/N-ethyl adjacent to an activating group) is 1. The van der Waals surface area contributed by atoms with Gasteiger partial charge in [-0.2, -0.15) is 4.98 Å². The van der Waals surface area contributed by atoms with Crippen molar-refractivity contribution in [1.29, 1.82) is 0 Å². The summed E-state index contributed by atoms with van der Waals surface area (Å²) in [5.41, 5.74) is 4.37. The van der Waals surface area contributed by atoms with Gasteiger partial charge >= 0.3 is 0 Å². The first kappa shape index (κ1) is 19.0.